The molecule has 0 spiro atoms. The van der Waals surface area contributed by atoms with Crippen LogP contribution in [0.4, 0.5) is 5.69 Å². The third-order valence-electron chi connectivity index (χ3n) is 4.60. The highest BCUT2D eigenvalue weighted by atomic mass is 35.5. The maximum absolute atomic E-state index is 12.8. The first-order valence-corrected chi connectivity index (χ1v) is 8.69. The van der Waals surface area contributed by atoms with E-state index in [1.165, 1.54) is 0 Å². The summed E-state index contributed by atoms with van der Waals surface area (Å²) < 4.78 is 0. The van der Waals surface area contributed by atoms with Crippen LogP contribution in [0.5, 0.6) is 0 Å². The van der Waals surface area contributed by atoms with Gasteiger partial charge in [0.15, 0.2) is 0 Å². The molecule has 5 heteroatoms. The lowest BCUT2D eigenvalue weighted by molar-refractivity contribution is -0.121. The minimum absolute atomic E-state index is 0.0671. The van der Waals surface area contributed by atoms with Gasteiger partial charge in [-0.05, 0) is 56.7 Å². The zero-order valence-corrected chi connectivity index (χ0v) is 15.4. The molecule has 130 valence electrons. The van der Waals surface area contributed by atoms with E-state index in [1.54, 1.807) is 28.0 Å². The molecule has 1 fully saturated rings. The van der Waals surface area contributed by atoms with Crippen LogP contribution in [0.3, 0.4) is 0 Å². The molecule has 0 unspecified atom stereocenters. The molecule has 1 heterocycles. The minimum atomic E-state index is -0.135. The highest BCUT2D eigenvalue weighted by Gasteiger charge is 2.33. The predicted molar refractivity (Wildman–Crippen MR) is 100 cm³/mol. The lowest BCUT2D eigenvalue weighted by Gasteiger charge is -2.39. The Hall–Kier alpha value is -2.33. The molecule has 1 aliphatic rings. The Bertz CT molecular complexity index is 817. The molecule has 0 saturated carbocycles. The smallest absolute Gasteiger partial charge is 0.254 e. The van der Waals surface area contributed by atoms with Crippen molar-refractivity contribution in [3.63, 3.8) is 0 Å². The molecular formula is C20H21ClN2O2. The summed E-state index contributed by atoms with van der Waals surface area (Å²) in [5.74, 6) is -0.204. The minimum Gasteiger partial charge on any atom is -0.325 e. The topological polar surface area (TPSA) is 40.6 Å². The van der Waals surface area contributed by atoms with Gasteiger partial charge in [-0.25, -0.2) is 0 Å². The van der Waals surface area contributed by atoms with Gasteiger partial charge in [0.05, 0.1) is 0 Å². The number of rotatable bonds is 2. The summed E-state index contributed by atoms with van der Waals surface area (Å²) in [6.45, 7) is 6.41. The van der Waals surface area contributed by atoms with E-state index in [1.807, 2.05) is 45.0 Å². The average molecular weight is 357 g/mol. The van der Waals surface area contributed by atoms with Crippen LogP contribution in [-0.2, 0) is 4.79 Å². The lowest BCUT2D eigenvalue weighted by atomic mass is 10.1. The van der Waals surface area contributed by atoms with Gasteiger partial charge in [-0.3, -0.25) is 9.59 Å². The monoisotopic (exact) mass is 356 g/mol. The molecule has 1 saturated heterocycles. The van der Waals surface area contributed by atoms with Gasteiger partial charge >= 0.3 is 0 Å². The highest BCUT2D eigenvalue weighted by Crippen LogP contribution is 2.23. The van der Waals surface area contributed by atoms with Crippen molar-refractivity contribution in [3.8, 4) is 0 Å². The second-order valence-corrected chi connectivity index (χ2v) is 6.99. The Morgan fingerprint density at radius 1 is 1.12 bits per heavy atom. The van der Waals surface area contributed by atoms with E-state index in [2.05, 4.69) is 0 Å². The summed E-state index contributed by atoms with van der Waals surface area (Å²) in [6, 6.07) is 13.0. The number of nitrogens with zero attached hydrogens (tertiary/aromatic N) is 2. The van der Waals surface area contributed by atoms with E-state index >= 15 is 0 Å². The zero-order valence-electron chi connectivity index (χ0n) is 14.6. The van der Waals surface area contributed by atoms with E-state index in [4.69, 9.17) is 11.6 Å². The summed E-state index contributed by atoms with van der Waals surface area (Å²) in [5, 5.41) is 0.630. The second kappa shape index (κ2) is 6.89. The van der Waals surface area contributed by atoms with Gasteiger partial charge in [-0.2, -0.15) is 0 Å². The van der Waals surface area contributed by atoms with Crippen LogP contribution in [0.1, 0.15) is 28.4 Å². The number of anilines is 1. The van der Waals surface area contributed by atoms with Crippen molar-refractivity contribution in [1.29, 1.82) is 0 Å². The fraction of sp³-hybridized carbons (Fsp3) is 0.300. The highest BCUT2D eigenvalue weighted by molar-refractivity contribution is 6.31. The summed E-state index contributed by atoms with van der Waals surface area (Å²) >= 11 is 6.04. The third kappa shape index (κ3) is 3.54. The van der Waals surface area contributed by atoms with Gasteiger partial charge in [0.25, 0.3) is 5.91 Å². The molecule has 2 aromatic carbocycles. The number of hydrogen-bond acceptors (Lipinski definition) is 2. The molecular weight excluding hydrogens is 336 g/mol. The number of carbonyl (C=O) groups excluding carboxylic acids is 2. The normalized spacial score (nSPS) is 17.8. The number of halogens is 1. The van der Waals surface area contributed by atoms with Crippen molar-refractivity contribution in [2.75, 3.05) is 18.0 Å². The fourth-order valence-corrected chi connectivity index (χ4v) is 3.16. The summed E-state index contributed by atoms with van der Waals surface area (Å²) in [6.07, 6.45) is 0. The van der Waals surface area contributed by atoms with E-state index in [0.29, 0.717) is 17.1 Å². The molecule has 4 nitrogen and oxygen atoms in total. The quantitative estimate of drug-likeness (QED) is 0.820. The van der Waals surface area contributed by atoms with E-state index in [9.17, 15) is 9.59 Å². The molecule has 0 N–H and O–H groups in total. The average Bonchev–Trinajstić information content (AvgIpc) is 2.59. The van der Waals surface area contributed by atoms with E-state index in [0.717, 1.165) is 16.8 Å². The standard InChI is InChI=1S/C20H21ClN2O2/c1-13-4-7-17(8-5-13)23-11-15(3)22(12-19(23)24)20(25)16-6-9-18(21)14(2)10-16/h4-10,15H,11-12H2,1-3H3/t15-/m0/s1. The second-order valence-electron chi connectivity index (χ2n) is 6.59. The molecule has 1 atom stereocenters. The van der Waals surface area contributed by atoms with E-state index in [-0.39, 0.29) is 24.4 Å². The van der Waals surface area contributed by atoms with Crippen LogP contribution in [0.25, 0.3) is 0 Å². The molecule has 25 heavy (non-hydrogen) atoms. The van der Waals surface area contributed by atoms with Gasteiger partial charge in [0, 0.05) is 28.9 Å². The number of carbonyl (C=O) groups is 2. The lowest BCUT2D eigenvalue weighted by Crippen LogP contribution is -2.57. The SMILES string of the molecule is Cc1ccc(N2C[C@H](C)N(C(=O)c3ccc(Cl)c(C)c3)CC2=O)cc1. The first kappa shape index (κ1) is 17.5. The summed E-state index contributed by atoms with van der Waals surface area (Å²) in [5.41, 5.74) is 3.43. The summed E-state index contributed by atoms with van der Waals surface area (Å²) in [4.78, 5) is 28.8. The third-order valence-corrected chi connectivity index (χ3v) is 5.02. The van der Waals surface area contributed by atoms with Crippen LogP contribution >= 0.6 is 11.6 Å². The number of piperazine rings is 1. The van der Waals surface area contributed by atoms with Crippen LogP contribution in [0.15, 0.2) is 42.5 Å². The molecule has 0 bridgehead atoms. The Morgan fingerprint density at radius 3 is 2.44 bits per heavy atom. The fourth-order valence-electron chi connectivity index (χ4n) is 3.04. The number of aryl methyl sites for hydroxylation is 2. The van der Waals surface area contributed by atoms with Gasteiger partial charge in [-0.1, -0.05) is 29.3 Å². The summed E-state index contributed by atoms with van der Waals surface area (Å²) in [7, 11) is 0. The molecule has 0 aliphatic carbocycles. The number of hydrogen-bond donors (Lipinski definition) is 0. The van der Waals surface area contributed by atoms with Gasteiger partial charge in [-0.15, -0.1) is 0 Å². The van der Waals surface area contributed by atoms with Crippen molar-refractivity contribution >= 4 is 29.1 Å². The van der Waals surface area contributed by atoms with Crippen molar-refractivity contribution in [2.45, 2.75) is 26.8 Å². The number of amides is 2. The van der Waals surface area contributed by atoms with Gasteiger partial charge in [0.2, 0.25) is 5.91 Å². The Labute approximate surface area is 153 Å². The van der Waals surface area contributed by atoms with Crippen molar-refractivity contribution in [1.82, 2.24) is 4.90 Å². The predicted octanol–water partition coefficient (Wildman–Crippen LogP) is 3.83. The Morgan fingerprint density at radius 2 is 1.80 bits per heavy atom. The van der Waals surface area contributed by atoms with Crippen LogP contribution in [0, 0.1) is 13.8 Å². The van der Waals surface area contributed by atoms with Crippen molar-refractivity contribution in [2.24, 2.45) is 0 Å². The zero-order chi connectivity index (χ0) is 18.1. The van der Waals surface area contributed by atoms with Gasteiger partial charge < -0.3 is 9.80 Å². The molecule has 2 amide bonds. The molecule has 3 rings (SSSR count). The number of benzene rings is 2. The van der Waals surface area contributed by atoms with Crippen molar-refractivity contribution in [3.05, 3.63) is 64.2 Å². The van der Waals surface area contributed by atoms with Crippen molar-refractivity contribution < 1.29 is 9.59 Å². The molecule has 2 aromatic rings. The van der Waals surface area contributed by atoms with E-state index < -0.39 is 0 Å². The largest absolute Gasteiger partial charge is 0.325 e. The van der Waals surface area contributed by atoms with Gasteiger partial charge in [0.1, 0.15) is 6.54 Å². The maximum atomic E-state index is 12.8. The first-order valence-electron chi connectivity index (χ1n) is 8.31. The van der Waals surface area contributed by atoms with Crippen LogP contribution < -0.4 is 4.90 Å². The Balaban J connectivity index is 1.79. The molecule has 0 aromatic heterocycles. The maximum Gasteiger partial charge on any atom is 0.254 e. The molecule has 1 aliphatic heterocycles. The van der Waals surface area contributed by atoms with Crippen LogP contribution in [0.2, 0.25) is 5.02 Å². The van der Waals surface area contributed by atoms with Crippen LogP contribution in [-0.4, -0.2) is 35.8 Å². The first-order chi connectivity index (χ1) is 11.9. The Kier molecular flexibility index (Phi) is 4.82. The molecule has 0 radical (unpaired) electrons.